The van der Waals surface area contributed by atoms with Gasteiger partial charge in [-0.1, -0.05) is 47.8 Å². The van der Waals surface area contributed by atoms with Gasteiger partial charge in [0.05, 0.1) is 5.52 Å². The van der Waals surface area contributed by atoms with E-state index in [0.717, 1.165) is 29.5 Å². The number of hydrogen-bond donors (Lipinski definition) is 1. The standard InChI is InChI=1S/C17H16BClN2/c18-10-12-2-1-3-13(8-12)11-21-16-6-7-20-17-9-14(19)4-5-15(16)17/h1-9H,10-11,18H2,(H,20,21). The molecule has 1 N–H and O–H groups in total. The molecule has 0 aliphatic rings. The first-order valence-electron chi connectivity index (χ1n) is 7.12. The number of rotatable bonds is 4. The van der Waals surface area contributed by atoms with E-state index in [4.69, 9.17) is 11.6 Å². The summed E-state index contributed by atoms with van der Waals surface area (Å²) >= 11 is 6.02. The zero-order valence-corrected chi connectivity index (χ0v) is 12.7. The van der Waals surface area contributed by atoms with Crippen molar-refractivity contribution < 1.29 is 0 Å². The molecule has 2 aromatic carbocycles. The lowest BCUT2D eigenvalue weighted by Crippen LogP contribution is -2.01. The lowest BCUT2D eigenvalue weighted by Gasteiger charge is -2.10. The van der Waals surface area contributed by atoms with Crippen LogP contribution in [0.2, 0.25) is 5.02 Å². The Hall–Kier alpha value is -2.00. The zero-order chi connectivity index (χ0) is 14.7. The van der Waals surface area contributed by atoms with Crippen LogP contribution >= 0.6 is 11.6 Å². The molecule has 1 heterocycles. The predicted octanol–water partition coefficient (Wildman–Crippen LogP) is 3.63. The molecular weight excluding hydrogens is 278 g/mol. The SMILES string of the molecule is BCc1cccc(CNc2ccnc3cc(Cl)ccc23)c1. The molecule has 0 radical (unpaired) electrons. The van der Waals surface area contributed by atoms with Gasteiger partial charge in [0.25, 0.3) is 0 Å². The number of anilines is 1. The lowest BCUT2D eigenvalue weighted by atomic mass is 9.96. The van der Waals surface area contributed by atoms with Gasteiger partial charge >= 0.3 is 0 Å². The van der Waals surface area contributed by atoms with Crippen LogP contribution in [0.5, 0.6) is 0 Å². The molecule has 0 saturated carbocycles. The molecule has 0 aliphatic heterocycles. The van der Waals surface area contributed by atoms with E-state index in [0.29, 0.717) is 5.02 Å². The van der Waals surface area contributed by atoms with Crippen molar-refractivity contribution in [3.05, 3.63) is 70.9 Å². The topological polar surface area (TPSA) is 24.9 Å². The van der Waals surface area contributed by atoms with Crippen LogP contribution in [0.25, 0.3) is 10.9 Å². The lowest BCUT2D eigenvalue weighted by molar-refractivity contribution is 1.14. The van der Waals surface area contributed by atoms with Gasteiger partial charge < -0.3 is 5.32 Å². The van der Waals surface area contributed by atoms with Crippen LogP contribution in [-0.4, -0.2) is 12.8 Å². The van der Waals surface area contributed by atoms with Gasteiger partial charge in [-0.15, -0.1) is 0 Å². The molecule has 0 unspecified atom stereocenters. The fourth-order valence-electron chi connectivity index (χ4n) is 2.43. The summed E-state index contributed by atoms with van der Waals surface area (Å²) in [6.45, 7) is 0.801. The summed E-state index contributed by atoms with van der Waals surface area (Å²) in [7, 11) is 2.17. The summed E-state index contributed by atoms with van der Waals surface area (Å²) in [5, 5.41) is 5.29. The number of benzene rings is 2. The highest BCUT2D eigenvalue weighted by atomic mass is 35.5. The molecule has 2 nitrogen and oxygen atoms in total. The second-order valence-corrected chi connectivity index (χ2v) is 5.48. The summed E-state index contributed by atoms with van der Waals surface area (Å²) in [4.78, 5) is 4.36. The molecular formula is C17H16BClN2. The van der Waals surface area contributed by atoms with Gasteiger partial charge in [0.2, 0.25) is 0 Å². The molecule has 3 rings (SSSR count). The van der Waals surface area contributed by atoms with Crippen LogP contribution < -0.4 is 5.32 Å². The first-order valence-corrected chi connectivity index (χ1v) is 7.50. The maximum Gasteiger partial charge on any atom is 0.107 e. The van der Waals surface area contributed by atoms with Crippen molar-refractivity contribution in [1.29, 1.82) is 0 Å². The average molecular weight is 295 g/mol. The van der Waals surface area contributed by atoms with E-state index >= 15 is 0 Å². The van der Waals surface area contributed by atoms with E-state index in [9.17, 15) is 0 Å². The number of pyridine rings is 1. The fraction of sp³-hybridized carbons (Fsp3) is 0.118. The Morgan fingerprint density at radius 1 is 1.05 bits per heavy atom. The van der Waals surface area contributed by atoms with Gasteiger partial charge in [0.1, 0.15) is 7.85 Å². The van der Waals surface area contributed by atoms with Gasteiger partial charge in [-0.2, -0.15) is 0 Å². The molecule has 104 valence electrons. The van der Waals surface area contributed by atoms with Crippen LogP contribution in [0.3, 0.4) is 0 Å². The van der Waals surface area contributed by atoms with Crippen LogP contribution in [0.4, 0.5) is 5.69 Å². The van der Waals surface area contributed by atoms with Crippen molar-refractivity contribution in [2.24, 2.45) is 0 Å². The summed E-state index contributed by atoms with van der Waals surface area (Å²) in [5.74, 6) is 0. The summed E-state index contributed by atoms with van der Waals surface area (Å²) in [6, 6.07) is 16.5. The van der Waals surface area contributed by atoms with E-state index in [1.54, 1.807) is 0 Å². The largest absolute Gasteiger partial charge is 0.380 e. The molecule has 4 heteroatoms. The maximum absolute atomic E-state index is 6.02. The highest BCUT2D eigenvalue weighted by Crippen LogP contribution is 2.24. The monoisotopic (exact) mass is 294 g/mol. The quantitative estimate of drug-likeness (QED) is 0.743. The van der Waals surface area contributed by atoms with E-state index in [2.05, 4.69) is 42.4 Å². The summed E-state index contributed by atoms with van der Waals surface area (Å²) in [5.41, 5.74) is 4.64. The number of halogens is 1. The van der Waals surface area contributed by atoms with Gasteiger partial charge in [-0.25, -0.2) is 0 Å². The van der Waals surface area contributed by atoms with E-state index in [-0.39, 0.29) is 0 Å². The van der Waals surface area contributed by atoms with Gasteiger partial charge in [-0.05, 0) is 29.8 Å². The molecule has 0 saturated heterocycles. The Labute approximate surface area is 130 Å². The fourth-order valence-corrected chi connectivity index (χ4v) is 2.60. The Bertz CT molecular complexity index is 774. The molecule has 0 bridgehead atoms. The average Bonchev–Trinajstić information content (AvgIpc) is 2.52. The minimum absolute atomic E-state index is 0.711. The van der Waals surface area contributed by atoms with Crippen LogP contribution in [0.15, 0.2) is 54.7 Å². The molecule has 0 atom stereocenters. The van der Waals surface area contributed by atoms with E-state index in [1.165, 1.54) is 11.1 Å². The number of nitrogens with zero attached hydrogens (tertiary/aromatic N) is 1. The third-order valence-electron chi connectivity index (χ3n) is 3.59. The second kappa shape index (κ2) is 6.19. The Kier molecular flexibility index (Phi) is 4.12. The van der Waals surface area contributed by atoms with Gasteiger partial charge in [-0.3, -0.25) is 4.98 Å². The summed E-state index contributed by atoms with van der Waals surface area (Å²) < 4.78 is 0. The van der Waals surface area contributed by atoms with Crippen LogP contribution in [-0.2, 0) is 12.9 Å². The minimum atomic E-state index is 0.711. The number of nitrogens with one attached hydrogen (secondary N) is 1. The first kappa shape index (κ1) is 14.0. The van der Waals surface area contributed by atoms with Crippen molar-refractivity contribution in [2.75, 3.05) is 5.32 Å². The van der Waals surface area contributed by atoms with Crippen molar-refractivity contribution in [1.82, 2.24) is 4.98 Å². The molecule has 21 heavy (non-hydrogen) atoms. The summed E-state index contributed by atoms with van der Waals surface area (Å²) in [6.07, 6.45) is 2.87. The van der Waals surface area contributed by atoms with Crippen LogP contribution in [0.1, 0.15) is 11.1 Å². The van der Waals surface area contributed by atoms with E-state index in [1.807, 2.05) is 30.5 Å². The van der Waals surface area contributed by atoms with Crippen LogP contribution in [0, 0.1) is 0 Å². The highest BCUT2D eigenvalue weighted by molar-refractivity contribution is 6.31. The van der Waals surface area contributed by atoms with Gasteiger partial charge in [0, 0.05) is 28.8 Å². The molecule has 3 aromatic rings. The molecule has 0 amide bonds. The smallest absolute Gasteiger partial charge is 0.107 e. The van der Waals surface area contributed by atoms with E-state index < -0.39 is 0 Å². The second-order valence-electron chi connectivity index (χ2n) is 5.05. The first-order chi connectivity index (χ1) is 10.3. The normalized spacial score (nSPS) is 10.7. The minimum Gasteiger partial charge on any atom is -0.380 e. The van der Waals surface area contributed by atoms with Crippen molar-refractivity contribution in [2.45, 2.75) is 12.9 Å². The zero-order valence-electron chi connectivity index (χ0n) is 11.9. The predicted molar refractivity (Wildman–Crippen MR) is 92.8 cm³/mol. The van der Waals surface area contributed by atoms with Gasteiger partial charge in [0.15, 0.2) is 0 Å². The molecule has 0 aliphatic carbocycles. The number of fused-ring (bicyclic) bond motifs is 1. The van der Waals surface area contributed by atoms with Crippen molar-refractivity contribution >= 4 is 36.0 Å². The molecule has 1 aromatic heterocycles. The third-order valence-corrected chi connectivity index (χ3v) is 3.82. The number of aromatic nitrogens is 1. The molecule has 0 fully saturated rings. The Morgan fingerprint density at radius 3 is 2.76 bits per heavy atom. The highest BCUT2D eigenvalue weighted by Gasteiger charge is 2.03. The molecule has 0 spiro atoms. The van der Waals surface area contributed by atoms with Crippen molar-refractivity contribution in [3.63, 3.8) is 0 Å². The maximum atomic E-state index is 6.02. The number of hydrogen-bond acceptors (Lipinski definition) is 2. The Balaban J connectivity index is 1.84. The third kappa shape index (κ3) is 3.19. The Morgan fingerprint density at radius 2 is 1.90 bits per heavy atom. The van der Waals surface area contributed by atoms with Crippen molar-refractivity contribution in [3.8, 4) is 0 Å².